The molecule has 1 aromatic rings. The van der Waals surface area contributed by atoms with E-state index in [9.17, 15) is 0 Å². The van der Waals surface area contributed by atoms with Crippen LogP contribution >= 0.6 is 0 Å². The summed E-state index contributed by atoms with van der Waals surface area (Å²) < 4.78 is 0. The molecule has 0 bridgehead atoms. The summed E-state index contributed by atoms with van der Waals surface area (Å²) in [6.45, 7) is 12.0. The second kappa shape index (κ2) is 9.61. The van der Waals surface area contributed by atoms with Crippen molar-refractivity contribution >= 4 is 6.08 Å². The van der Waals surface area contributed by atoms with Gasteiger partial charge in [0.2, 0.25) is 0 Å². The molecule has 0 aliphatic carbocycles. The van der Waals surface area contributed by atoms with Gasteiger partial charge in [-0.3, -0.25) is 0 Å². The van der Waals surface area contributed by atoms with Crippen molar-refractivity contribution in [2.24, 2.45) is 0 Å². The van der Waals surface area contributed by atoms with Crippen LogP contribution in [-0.4, -0.2) is 0 Å². The van der Waals surface area contributed by atoms with Crippen molar-refractivity contribution in [3.05, 3.63) is 41.5 Å². The summed E-state index contributed by atoms with van der Waals surface area (Å²) in [6.07, 6.45) is 9.91. The van der Waals surface area contributed by atoms with E-state index in [0.717, 1.165) is 0 Å². The number of terminal acetylenes is 1. The Morgan fingerprint density at radius 2 is 1.43 bits per heavy atom. The molecule has 0 aliphatic heterocycles. The molecule has 0 spiro atoms. The highest BCUT2D eigenvalue weighted by atomic mass is 14.0. The molecule has 0 saturated heterocycles. The van der Waals surface area contributed by atoms with E-state index in [-0.39, 0.29) is 0 Å². The first-order chi connectivity index (χ1) is 6.75. The smallest absolute Gasteiger partial charge is 0.0204 e. The highest BCUT2D eigenvalue weighted by Gasteiger charge is 1.94. The molecule has 0 fully saturated rings. The number of hydrogen-bond acceptors (Lipinski definition) is 0. The van der Waals surface area contributed by atoms with Gasteiger partial charge in [-0.15, -0.1) is 12.8 Å². The van der Waals surface area contributed by atoms with Crippen molar-refractivity contribution in [1.82, 2.24) is 0 Å². The van der Waals surface area contributed by atoms with Crippen LogP contribution in [0.4, 0.5) is 0 Å². The molecule has 1 aromatic carbocycles. The lowest BCUT2D eigenvalue weighted by molar-refractivity contribution is 1.36. The first-order valence-corrected chi connectivity index (χ1v) is 4.77. The molecule has 0 unspecified atom stereocenters. The summed E-state index contributed by atoms with van der Waals surface area (Å²) in [5.41, 5.74) is 3.87. The highest BCUT2D eigenvalue weighted by molar-refractivity contribution is 5.55. The average molecular weight is 188 g/mol. The second-order valence-electron chi connectivity index (χ2n) is 2.51. The van der Waals surface area contributed by atoms with E-state index in [0.29, 0.717) is 0 Å². The Hall–Kier alpha value is -1.48. The summed E-state index contributed by atoms with van der Waals surface area (Å²) in [4.78, 5) is 0. The molecule has 0 amide bonds. The molecular formula is C14H20. The predicted octanol–water partition coefficient (Wildman–Crippen LogP) is 4.22. The van der Waals surface area contributed by atoms with Crippen molar-refractivity contribution in [2.45, 2.75) is 27.7 Å². The zero-order valence-corrected chi connectivity index (χ0v) is 9.67. The van der Waals surface area contributed by atoms with Gasteiger partial charge in [0.05, 0.1) is 0 Å². The topological polar surface area (TPSA) is 0 Å². The van der Waals surface area contributed by atoms with Gasteiger partial charge in [0.15, 0.2) is 0 Å². The minimum Gasteiger partial charge on any atom is -0.124 e. The number of benzene rings is 1. The van der Waals surface area contributed by atoms with E-state index in [1.165, 1.54) is 16.7 Å². The third kappa shape index (κ3) is 4.52. The van der Waals surface area contributed by atoms with Gasteiger partial charge in [-0.1, -0.05) is 44.7 Å². The van der Waals surface area contributed by atoms with E-state index in [1.807, 2.05) is 19.9 Å². The SMILES string of the molecule is C#C.C=Cc1c(C)cccc1C.CC. The van der Waals surface area contributed by atoms with Gasteiger partial charge in [-0.2, -0.15) is 0 Å². The van der Waals surface area contributed by atoms with Gasteiger partial charge in [-0.05, 0) is 30.5 Å². The Kier molecular flexibility index (Phi) is 10.3. The van der Waals surface area contributed by atoms with Crippen LogP contribution < -0.4 is 0 Å². The van der Waals surface area contributed by atoms with Crippen LogP contribution in [0.2, 0.25) is 0 Å². The van der Waals surface area contributed by atoms with Gasteiger partial charge in [0.25, 0.3) is 0 Å². The Morgan fingerprint density at radius 3 is 1.64 bits per heavy atom. The molecule has 0 atom stereocenters. The number of aryl methyl sites for hydroxylation is 2. The Balaban J connectivity index is 0. The van der Waals surface area contributed by atoms with Crippen LogP contribution in [0.3, 0.4) is 0 Å². The van der Waals surface area contributed by atoms with Crippen LogP contribution in [-0.2, 0) is 0 Å². The lowest BCUT2D eigenvalue weighted by Gasteiger charge is -2.02. The minimum absolute atomic E-state index is 1.27. The van der Waals surface area contributed by atoms with Crippen LogP contribution in [0.5, 0.6) is 0 Å². The molecule has 0 heterocycles. The van der Waals surface area contributed by atoms with Crippen LogP contribution in [0.15, 0.2) is 24.8 Å². The molecule has 0 heteroatoms. The van der Waals surface area contributed by atoms with E-state index >= 15 is 0 Å². The van der Waals surface area contributed by atoms with E-state index in [2.05, 4.69) is 51.5 Å². The van der Waals surface area contributed by atoms with E-state index < -0.39 is 0 Å². The molecule has 76 valence electrons. The third-order valence-electron chi connectivity index (χ3n) is 1.75. The molecule has 0 radical (unpaired) electrons. The molecule has 0 nitrogen and oxygen atoms in total. The lowest BCUT2D eigenvalue weighted by atomic mass is 10.0. The van der Waals surface area contributed by atoms with Crippen LogP contribution in [0, 0.1) is 26.7 Å². The Bertz CT molecular complexity index is 259. The predicted molar refractivity (Wildman–Crippen MR) is 67.2 cm³/mol. The van der Waals surface area contributed by atoms with E-state index in [4.69, 9.17) is 0 Å². The summed E-state index contributed by atoms with van der Waals surface area (Å²) >= 11 is 0. The Morgan fingerprint density at radius 1 is 1.07 bits per heavy atom. The molecule has 14 heavy (non-hydrogen) atoms. The first-order valence-electron chi connectivity index (χ1n) is 4.77. The quantitative estimate of drug-likeness (QED) is 0.579. The van der Waals surface area contributed by atoms with Crippen molar-refractivity contribution in [3.8, 4) is 12.8 Å². The van der Waals surface area contributed by atoms with Crippen molar-refractivity contribution in [1.29, 1.82) is 0 Å². The minimum atomic E-state index is 1.27. The van der Waals surface area contributed by atoms with Crippen molar-refractivity contribution < 1.29 is 0 Å². The van der Waals surface area contributed by atoms with Gasteiger partial charge >= 0.3 is 0 Å². The number of rotatable bonds is 1. The maximum absolute atomic E-state index is 4.00. The van der Waals surface area contributed by atoms with Crippen LogP contribution in [0.1, 0.15) is 30.5 Å². The molecule has 0 saturated carbocycles. The van der Waals surface area contributed by atoms with Gasteiger partial charge in [0, 0.05) is 0 Å². The first kappa shape index (κ1) is 15.0. The van der Waals surface area contributed by atoms with Crippen molar-refractivity contribution in [3.63, 3.8) is 0 Å². The fourth-order valence-corrected chi connectivity index (χ4v) is 1.15. The lowest BCUT2D eigenvalue weighted by Crippen LogP contribution is -1.83. The summed E-state index contributed by atoms with van der Waals surface area (Å²) in [6, 6.07) is 6.27. The fraction of sp³-hybridized carbons (Fsp3) is 0.286. The van der Waals surface area contributed by atoms with Gasteiger partial charge in [0.1, 0.15) is 0 Å². The molecule has 0 N–H and O–H groups in total. The van der Waals surface area contributed by atoms with Crippen LogP contribution in [0.25, 0.3) is 6.08 Å². The fourth-order valence-electron chi connectivity index (χ4n) is 1.15. The third-order valence-corrected chi connectivity index (χ3v) is 1.75. The molecule has 0 aliphatic rings. The summed E-state index contributed by atoms with van der Waals surface area (Å²) in [5.74, 6) is 0. The zero-order valence-electron chi connectivity index (χ0n) is 9.67. The Labute approximate surface area is 88.7 Å². The largest absolute Gasteiger partial charge is 0.124 e. The average Bonchev–Trinajstić information content (AvgIpc) is 2.24. The zero-order chi connectivity index (χ0) is 11.6. The van der Waals surface area contributed by atoms with Gasteiger partial charge in [-0.25, -0.2) is 0 Å². The number of hydrogen-bond donors (Lipinski definition) is 0. The van der Waals surface area contributed by atoms with Crippen molar-refractivity contribution in [2.75, 3.05) is 0 Å². The van der Waals surface area contributed by atoms with Gasteiger partial charge < -0.3 is 0 Å². The van der Waals surface area contributed by atoms with E-state index in [1.54, 1.807) is 0 Å². The maximum Gasteiger partial charge on any atom is -0.0204 e. The molecular weight excluding hydrogens is 168 g/mol. The normalized spacial score (nSPS) is 7.29. The summed E-state index contributed by atoms with van der Waals surface area (Å²) in [5, 5.41) is 0. The monoisotopic (exact) mass is 188 g/mol. The standard InChI is InChI=1S/C10H12.C2H6.C2H2/c1-4-10-8(2)6-5-7-9(10)3;2*1-2/h4-7H,1H2,2-3H3;1-2H3;1-2H. The molecule has 1 rings (SSSR count). The maximum atomic E-state index is 4.00. The molecule has 0 aromatic heterocycles. The second-order valence-corrected chi connectivity index (χ2v) is 2.51. The highest BCUT2D eigenvalue weighted by Crippen LogP contribution is 2.13. The summed E-state index contributed by atoms with van der Waals surface area (Å²) in [7, 11) is 0.